The number of hydrogen-bond acceptors (Lipinski definition) is 3. The Labute approximate surface area is 150 Å². The molecule has 1 heterocycles. The van der Waals surface area contributed by atoms with Gasteiger partial charge in [0, 0.05) is 29.0 Å². The molecule has 23 heavy (non-hydrogen) atoms. The highest BCUT2D eigenvalue weighted by Gasteiger charge is 2.37. The van der Waals surface area contributed by atoms with Crippen LogP contribution in [0.3, 0.4) is 0 Å². The van der Waals surface area contributed by atoms with Crippen molar-refractivity contribution in [2.75, 3.05) is 13.1 Å². The van der Waals surface area contributed by atoms with E-state index in [0.29, 0.717) is 5.02 Å². The second-order valence-electron chi connectivity index (χ2n) is 7.31. The lowest BCUT2D eigenvalue weighted by molar-refractivity contribution is -0.128. The monoisotopic (exact) mass is 354 g/mol. The molecule has 2 rings (SSSR count). The van der Waals surface area contributed by atoms with E-state index in [-0.39, 0.29) is 16.8 Å². The third-order valence-corrected chi connectivity index (χ3v) is 5.56. The second-order valence-corrected chi connectivity index (χ2v) is 8.50. The number of rotatable bonds is 4. The van der Waals surface area contributed by atoms with Crippen LogP contribution >= 0.6 is 24.2 Å². The van der Waals surface area contributed by atoms with E-state index in [1.54, 1.807) is 0 Å². The predicted octanol–water partition coefficient (Wildman–Crippen LogP) is 3.86. The maximum atomic E-state index is 12.9. The molecule has 5 heteroatoms. The highest BCUT2D eigenvalue weighted by molar-refractivity contribution is 7.80. The maximum absolute atomic E-state index is 12.9. The highest BCUT2D eigenvalue weighted by Crippen LogP contribution is 2.29. The number of halogens is 1. The van der Waals surface area contributed by atoms with Gasteiger partial charge in [-0.3, -0.25) is 9.69 Å². The summed E-state index contributed by atoms with van der Waals surface area (Å²) in [7, 11) is 0. The largest absolute Gasteiger partial charge is 0.350 e. The van der Waals surface area contributed by atoms with Crippen LogP contribution in [0, 0.1) is 0 Å². The van der Waals surface area contributed by atoms with E-state index in [1.165, 1.54) is 0 Å². The first-order chi connectivity index (χ1) is 10.6. The summed E-state index contributed by atoms with van der Waals surface area (Å²) in [5.41, 5.74) is 0.242. The van der Waals surface area contributed by atoms with E-state index in [0.717, 1.165) is 31.5 Å². The van der Waals surface area contributed by atoms with Gasteiger partial charge in [-0.1, -0.05) is 23.7 Å². The van der Waals surface area contributed by atoms with Crippen molar-refractivity contribution in [3.05, 3.63) is 34.9 Å². The third kappa shape index (κ3) is 4.43. The molecule has 1 N–H and O–H groups in total. The molecular weight excluding hydrogens is 328 g/mol. The Morgan fingerprint density at radius 1 is 1.30 bits per heavy atom. The summed E-state index contributed by atoms with van der Waals surface area (Å²) in [6.07, 6.45) is 1.89. The van der Waals surface area contributed by atoms with Crippen LogP contribution in [-0.2, 0) is 10.2 Å². The van der Waals surface area contributed by atoms with Gasteiger partial charge in [-0.15, -0.1) is 0 Å². The summed E-state index contributed by atoms with van der Waals surface area (Å²) in [5, 5.41) is 4.23. The number of carbonyl (C=O) groups excluding carboxylic acids is 1. The van der Waals surface area contributed by atoms with Gasteiger partial charge in [0.1, 0.15) is 0 Å². The standard InChI is InChI=1S/C18H27ClN2OS/c1-13(23)21-11-9-18(4,10-12-21)20-16(22)17(2,3)14-5-7-15(19)8-6-14/h5-8,13,23H,9-12H2,1-4H3,(H,20,22). The van der Waals surface area contributed by atoms with Crippen molar-refractivity contribution in [2.45, 2.75) is 56.9 Å². The number of nitrogens with zero attached hydrogens (tertiary/aromatic N) is 1. The predicted molar refractivity (Wildman–Crippen MR) is 100 cm³/mol. The molecule has 0 bridgehead atoms. The first-order valence-electron chi connectivity index (χ1n) is 8.15. The summed E-state index contributed by atoms with van der Waals surface area (Å²) in [6, 6.07) is 7.52. The quantitative estimate of drug-likeness (QED) is 0.804. The molecule has 0 saturated carbocycles. The molecular formula is C18H27ClN2OS. The van der Waals surface area contributed by atoms with Crippen molar-refractivity contribution < 1.29 is 4.79 Å². The lowest BCUT2D eigenvalue weighted by Gasteiger charge is -2.42. The maximum Gasteiger partial charge on any atom is 0.230 e. The Morgan fingerprint density at radius 3 is 2.30 bits per heavy atom. The smallest absolute Gasteiger partial charge is 0.230 e. The normalized spacial score (nSPS) is 20.1. The van der Waals surface area contributed by atoms with Crippen molar-refractivity contribution in [2.24, 2.45) is 0 Å². The summed E-state index contributed by atoms with van der Waals surface area (Å²) in [5.74, 6) is 0.0645. The lowest BCUT2D eigenvalue weighted by atomic mass is 9.81. The number of piperidine rings is 1. The average Bonchev–Trinajstić information content (AvgIpc) is 2.47. The fourth-order valence-corrected chi connectivity index (χ4v) is 3.30. The van der Waals surface area contributed by atoms with Gasteiger partial charge in [-0.25, -0.2) is 0 Å². The zero-order valence-electron chi connectivity index (χ0n) is 14.4. The van der Waals surface area contributed by atoms with Gasteiger partial charge in [0.25, 0.3) is 0 Å². The van der Waals surface area contributed by atoms with Crippen LogP contribution in [0.5, 0.6) is 0 Å². The van der Waals surface area contributed by atoms with Crippen LogP contribution in [0.15, 0.2) is 24.3 Å². The SMILES string of the molecule is CC(S)N1CCC(C)(NC(=O)C(C)(C)c2ccc(Cl)cc2)CC1. The first kappa shape index (κ1) is 18.6. The Morgan fingerprint density at radius 2 is 1.83 bits per heavy atom. The number of carbonyl (C=O) groups is 1. The number of benzene rings is 1. The molecule has 1 aromatic carbocycles. The fourth-order valence-electron chi connectivity index (χ4n) is 2.94. The van der Waals surface area contributed by atoms with Gasteiger partial charge in [0.2, 0.25) is 5.91 Å². The van der Waals surface area contributed by atoms with Crippen LogP contribution in [0.4, 0.5) is 0 Å². The summed E-state index contributed by atoms with van der Waals surface area (Å²) >= 11 is 10.4. The molecule has 3 nitrogen and oxygen atoms in total. The van der Waals surface area contributed by atoms with E-state index in [2.05, 4.69) is 36.7 Å². The van der Waals surface area contributed by atoms with Crippen LogP contribution in [0.1, 0.15) is 46.1 Å². The first-order valence-corrected chi connectivity index (χ1v) is 9.04. The van der Waals surface area contributed by atoms with Crippen molar-refractivity contribution in [3.63, 3.8) is 0 Å². The summed E-state index contributed by atoms with van der Waals surface area (Å²) in [4.78, 5) is 15.2. The van der Waals surface area contributed by atoms with Gasteiger partial charge in [-0.2, -0.15) is 12.6 Å². The summed E-state index contributed by atoms with van der Waals surface area (Å²) < 4.78 is 0. The molecule has 0 aromatic heterocycles. The van der Waals surface area contributed by atoms with Gasteiger partial charge in [0.05, 0.1) is 5.41 Å². The van der Waals surface area contributed by atoms with Gasteiger partial charge >= 0.3 is 0 Å². The van der Waals surface area contributed by atoms with E-state index >= 15 is 0 Å². The van der Waals surface area contributed by atoms with E-state index in [9.17, 15) is 4.79 Å². The number of amides is 1. The van der Waals surface area contributed by atoms with Crippen molar-refractivity contribution in [1.82, 2.24) is 10.2 Å². The molecule has 1 unspecified atom stereocenters. The van der Waals surface area contributed by atoms with Gasteiger partial charge in [0.15, 0.2) is 0 Å². The molecule has 1 aliphatic heterocycles. The number of thiol groups is 1. The van der Waals surface area contributed by atoms with Crippen LogP contribution in [0.25, 0.3) is 0 Å². The molecule has 0 radical (unpaired) electrons. The zero-order valence-corrected chi connectivity index (χ0v) is 16.0. The third-order valence-electron chi connectivity index (χ3n) is 4.98. The zero-order chi connectivity index (χ0) is 17.3. The van der Waals surface area contributed by atoms with E-state index in [4.69, 9.17) is 11.6 Å². The second kappa shape index (κ2) is 7.04. The molecule has 1 fully saturated rings. The van der Waals surface area contributed by atoms with E-state index in [1.807, 2.05) is 38.1 Å². The molecule has 128 valence electrons. The van der Waals surface area contributed by atoms with Crippen LogP contribution in [-0.4, -0.2) is 34.8 Å². The lowest BCUT2D eigenvalue weighted by Crippen LogP contribution is -2.57. The topological polar surface area (TPSA) is 32.3 Å². The molecule has 1 saturated heterocycles. The average molecular weight is 355 g/mol. The van der Waals surface area contributed by atoms with Crippen molar-refractivity contribution in [1.29, 1.82) is 0 Å². The minimum absolute atomic E-state index is 0.0645. The number of likely N-dealkylation sites (tertiary alicyclic amines) is 1. The Balaban J connectivity index is 2.04. The molecule has 1 aromatic rings. The molecule has 0 spiro atoms. The fraction of sp³-hybridized carbons (Fsp3) is 0.611. The summed E-state index contributed by atoms with van der Waals surface area (Å²) in [6.45, 7) is 10.1. The Hall–Kier alpha value is -0.710. The molecule has 1 atom stereocenters. The minimum atomic E-state index is -0.582. The van der Waals surface area contributed by atoms with Crippen molar-refractivity contribution in [3.8, 4) is 0 Å². The van der Waals surface area contributed by atoms with Crippen LogP contribution in [0.2, 0.25) is 5.02 Å². The number of hydrogen-bond donors (Lipinski definition) is 2. The van der Waals surface area contributed by atoms with Crippen LogP contribution < -0.4 is 5.32 Å². The Kier molecular flexibility index (Phi) is 5.70. The highest BCUT2D eigenvalue weighted by atomic mass is 35.5. The number of nitrogens with one attached hydrogen (secondary N) is 1. The van der Waals surface area contributed by atoms with Gasteiger partial charge in [-0.05, 0) is 58.2 Å². The Bertz CT molecular complexity index is 549. The van der Waals surface area contributed by atoms with Gasteiger partial charge < -0.3 is 5.32 Å². The molecule has 1 amide bonds. The minimum Gasteiger partial charge on any atom is -0.350 e. The molecule has 0 aliphatic carbocycles. The van der Waals surface area contributed by atoms with Crippen molar-refractivity contribution >= 4 is 30.1 Å². The molecule has 1 aliphatic rings. The van der Waals surface area contributed by atoms with E-state index < -0.39 is 5.41 Å².